The molecule has 0 bridgehead atoms. The number of amides is 1. The van der Waals surface area contributed by atoms with Crippen molar-refractivity contribution in [1.29, 1.82) is 0 Å². The number of carbonyl (C=O) groups excluding carboxylic acids is 1. The number of nitrogens with one attached hydrogen (secondary N) is 2. The van der Waals surface area contributed by atoms with Crippen LogP contribution in [-0.2, 0) is 6.54 Å². The van der Waals surface area contributed by atoms with Gasteiger partial charge in [0.05, 0.1) is 25.5 Å². The molecule has 0 aliphatic carbocycles. The van der Waals surface area contributed by atoms with E-state index in [2.05, 4.69) is 33.6 Å². The van der Waals surface area contributed by atoms with Gasteiger partial charge in [0.2, 0.25) is 5.95 Å². The van der Waals surface area contributed by atoms with Gasteiger partial charge >= 0.3 is 0 Å². The SMILES string of the molecule is COc1ccc(NC(=O)c2cnc(NCc3ccccc3C)nc2)c(OC)c1. The summed E-state index contributed by atoms with van der Waals surface area (Å²) in [7, 11) is 3.10. The fraction of sp³-hybridized carbons (Fsp3) is 0.190. The van der Waals surface area contributed by atoms with Crippen molar-refractivity contribution in [3.8, 4) is 11.5 Å². The predicted octanol–water partition coefficient (Wildman–Crippen LogP) is 3.67. The lowest BCUT2D eigenvalue weighted by Gasteiger charge is -2.12. The van der Waals surface area contributed by atoms with Crippen LogP contribution in [0.5, 0.6) is 11.5 Å². The molecule has 0 saturated carbocycles. The molecule has 28 heavy (non-hydrogen) atoms. The van der Waals surface area contributed by atoms with Crippen LogP contribution in [-0.4, -0.2) is 30.1 Å². The van der Waals surface area contributed by atoms with E-state index in [4.69, 9.17) is 9.47 Å². The second-order valence-corrected chi connectivity index (χ2v) is 6.10. The zero-order chi connectivity index (χ0) is 19.9. The molecule has 1 amide bonds. The Balaban J connectivity index is 1.64. The third kappa shape index (κ3) is 4.56. The topological polar surface area (TPSA) is 85.4 Å². The molecule has 1 aromatic heterocycles. The van der Waals surface area contributed by atoms with E-state index in [1.54, 1.807) is 25.3 Å². The van der Waals surface area contributed by atoms with Crippen molar-refractivity contribution in [3.05, 3.63) is 71.5 Å². The summed E-state index contributed by atoms with van der Waals surface area (Å²) >= 11 is 0. The number of methoxy groups -OCH3 is 2. The Morgan fingerprint density at radius 1 is 1.04 bits per heavy atom. The van der Waals surface area contributed by atoms with Crippen LogP contribution in [0.2, 0.25) is 0 Å². The maximum atomic E-state index is 12.5. The maximum absolute atomic E-state index is 12.5. The van der Waals surface area contributed by atoms with E-state index in [0.717, 1.165) is 0 Å². The Kier molecular flexibility index (Phi) is 6.06. The number of benzene rings is 2. The highest BCUT2D eigenvalue weighted by molar-refractivity contribution is 6.04. The van der Waals surface area contributed by atoms with E-state index in [-0.39, 0.29) is 5.91 Å². The van der Waals surface area contributed by atoms with Crippen LogP contribution >= 0.6 is 0 Å². The molecule has 1 heterocycles. The third-order valence-electron chi connectivity index (χ3n) is 4.27. The first-order valence-corrected chi connectivity index (χ1v) is 8.74. The number of anilines is 2. The van der Waals surface area contributed by atoms with E-state index < -0.39 is 0 Å². The third-order valence-corrected chi connectivity index (χ3v) is 4.27. The van der Waals surface area contributed by atoms with Crippen LogP contribution in [0.15, 0.2) is 54.9 Å². The van der Waals surface area contributed by atoms with Gasteiger partial charge in [-0.2, -0.15) is 0 Å². The molecule has 0 aliphatic heterocycles. The number of aryl methyl sites for hydroxylation is 1. The molecule has 2 N–H and O–H groups in total. The molecular weight excluding hydrogens is 356 g/mol. The van der Waals surface area contributed by atoms with Gasteiger partial charge in [-0.05, 0) is 30.2 Å². The fourth-order valence-corrected chi connectivity index (χ4v) is 2.62. The molecule has 0 fully saturated rings. The smallest absolute Gasteiger partial charge is 0.258 e. The van der Waals surface area contributed by atoms with Crippen molar-refractivity contribution in [2.24, 2.45) is 0 Å². The highest BCUT2D eigenvalue weighted by atomic mass is 16.5. The summed E-state index contributed by atoms with van der Waals surface area (Å²) in [5.41, 5.74) is 3.24. The van der Waals surface area contributed by atoms with Gasteiger partial charge in [0, 0.05) is 25.0 Å². The minimum atomic E-state index is -0.325. The van der Waals surface area contributed by atoms with Crippen LogP contribution < -0.4 is 20.1 Å². The molecule has 3 aromatic rings. The fourth-order valence-electron chi connectivity index (χ4n) is 2.62. The lowest BCUT2D eigenvalue weighted by Crippen LogP contribution is -2.14. The molecule has 0 spiro atoms. The Morgan fingerprint density at radius 2 is 1.79 bits per heavy atom. The summed E-state index contributed by atoms with van der Waals surface area (Å²) in [5.74, 6) is 1.28. The van der Waals surface area contributed by atoms with E-state index in [1.807, 2.05) is 18.2 Å². The molecule has 2 aromatic carbocycles. The molecule has 0 unspecified atom stereocenters. The van der Waals surface area contributed by atoms with Crippen LogP contribution in [0.3, 0.4) is 0 Å². The Hall–Kier alpha value is -3.61. The minimum Gasteiger partial charge on any atom is -0.497 e. The average molecular weight is 378 g/mol. The molecule has 3 rings (SSSR count). The summed E-state index contributed by atoms with van der Waals surface area (Å²) in [5, 5.41) is 5.95. The quantitative estimate of drug-likeness (QED) is 0.653. The molecule has 0 radical (unpaired) electrons. The molecule has 7 nitrogen and oxygen atoms in total. The Bertz CT molecular complexity index is 958. The van der Waals surface area contributed by atoms with Gasteiger partial charge in [0.25, 0.3) is 5.91 Å². The van der Waals surface area contributed by atoms with Gasteiger partial charge in [0.1, 0.15) is 11.5 Å². The molecule has 0 atom stereocenters. The Morgan fingerprint density at radius 3 is 2.46 bits per heavy atom. The number of ether oxygens (including phenoxy) is 2. The van der Waals surface area contributed by atoms with Crippen molar-refractivity contribution in [2.75, 3.05) is 24.9 Å². The van der Waals surface area contributed by atoms with Crippen molar-refractivity contribution in [3.63, 3.8) is 0 Å². The first-order chi connectivity index (χ1) is 13.6. The van der Waals surface area contributed by atoms with Crippen molar-refractivity contribution >= 4 is 17.5 Å². The second-order valence-electron chi connectivity index (χ2n) is 6.10. The van der Waals surface area contributed by atoms with Gasteiger partial charge in [-0.15, -0.1) is 0 Å². The molecule has 0 aliphatic rings. The molecule has 7 heteroatoms. The van der Waals surface area contributed by atoms with Crippen LogP contribution in [0.25, 0.3) is 0 Å². The summed E-state index contributed by atoms with van der Waals surface area (Å²) in [6, 6.07) is 13.3. The summed E-state index contributed by atoms with van der Waals surface area (Å²) in [4.78, 5) is 20.9. The lowest BCUT2D eigenvalue weighted by atomic mass is 10.1. The maximum Gasteiger partial charge on any atom is 0.258 e. The standard InChI is InChI=1S/C21H22N4O3/c1-14-6-4-5-7-15(14)11-22-21-23-12-16(13-24-21)20(26)25-18-9-8-17(27-2)10-19(18)28-3/h4-10,12-13H,11H2,1-3H3,(H,25,26)(H,22,23,24). The minimum absolute atomic E-state index is 0.325. The van der Waals surface area contributed by atoms with Gasteiger partial charge in [0.15, 0.2) is 0 Å². The predicted molar refractivity (Wildman–Crippen MR) is 108 cm³/mol. The molecule has 144 valence electrons. The average Bonchev–Trinajstić information content (AvgIpc) is 2.73. The number of hydrogen-bond donors (Lipinski definition) is 2. The highest BCUT2D eigenvalue weighted by Gasteiger charge is 2.12. The summed E-state index contributed by atoms with van der Waals surface area (Å²) < 4.78 is 10.4. The summed E-state index contributed by atoms with van der Waals surface area (Å²) in [6.07, 6.45) is 2.97. The molecular formula is C21H22N4O3. The number of rotatable bonds is 7. The first kappa shape index (κ1) is 19.2. The lowest BCUT2D eigenvalue weighted by molar-refractivity contribution is 0.102. The van der Waals surface area contributed by atoms with Gasteiger partial charge in [-0.3, -0.25) is 4.79 Å². The van der Waals surface area contributed by atoms with E-state index in [1.165, 1.54) is 30.6 Å². The van der Waals surface area contributed by atoms with Gasteiger partial charge in [-0.1, -0.05) is 24.3 Å². The Labute approximate surface area is 163 Å². The number of hydrogen-bond acceptors (Lipinski definition) is 6. The van der Waals surface area contributed by atoms with Crippen molar-refractivity contribution in [1.82, 2.24) is 9.97 Å². The molecule has 0 saturated heterocycles. The zero-order valence-electron chi connectivity index (χ0n) is 16.0. The van der Waals surface area contributed by atoms with Crippen molar-refractivity contribution in [2.45, 2.75) is 13.5 Å². The second kappa shape index (κ2) is 8.85. The van der Waals surface area contributed by atoms with Crippen LogP contribution in [0.4, 0.5) is 11.6 Å². The number of nitrogens with zero attached hydrogens (tertiary/aromatic N) is 2. The van der Waals surface area contributed by atoms with Crippen LogP contribution in [0, 0.1) is 6.92 Å². The van der Waals surface area contributed by atoms with Gasteiger partial charge in [-0.25, -0.2) is 9.97 Å². The van der Waals surface area contributed by atoms with Gasteiger partial charge < -0.3 is 20.1 Å². The summed E-state index contributed by atoms with van der Waals surface area (Å²) in [6.45, 7) is 2.67. The van der Waals surface area contributed by atoms with E-state index in [0.29, 0.717) is 35.2 Å². The number of carbonyl (C=O) groups is 1. The van der Waals surface area contributed by atoms with E-state index in [9.17, 15) is 4.79 Å². The monoisotopic (exact) mass is 378 g/mol. The zero-order valence-corrected chi connectivity index (χ0v) is 16.0. The van der Waals surface area contributed by atoms with Crippen LogP contribution in [0.1, 0.15) is 21.5 Å². The largest absolute Gasteiger partial charge is 0.497 e. The normalized spacial score (nSPS) is 10.2. The number of aromatic nitrogens is 2. The first-order valence-electron chi connectivity index (χ1n) is 8.74. The highest BCUT2D eigenvalue weighted by Crippen LogP contribution is 2.29. The van der Waals surface area contributed by atoms with Crippen molar-refractivity contribution < 1.29 is 14.3 Å². The van der Waals surface area contributed by atoms with E-state index >= 15 is 0 Å².